The molecular formula is C12H22N2O4. The minimum Gasteiger partial charge on any atom is -0.481 e. The minimum atomic E-state index is -0.951. The molecule has 1 aliphatic rings. The molecule has 1 heterocycles. The maximum atomic E-state index is 11.7. The highest BCUT2D eigenvalue weighted by molar-refractivity contribution is 5.86. The molecule has 6 heteroatoms. The van der Waals surface area contributed by atoms with Gasteiger partial charge in [-0.2, -0.15) is 0 Å². The number of piperazine rings is 1. The second-order valence-corrected chi connectivity index (χ2v) is 5.15. The van der Waals surface area contributed by atoms with Gasteiger partial charge >= 0.3 is 5.97 Å². The summed E-state index contributed by atoms with van der Waals surface area (Å²) in [6, 6.07) is -0.566. The molecule has 1 saturated heterocycles. The zero-order valence-electron chi connectivity index (χ0n) is 11.2. The van der Waals surface area contributed by atoms with Gasteiger partial charge in [0.2, 0.25) is 5.91 Å². The van der Waals surface area contributed by atoms with Crippen molar-refractivity contribution in [3.8, 4) is 0 Å². The van der Waals surface area contributed by atoms with Crippen LogP contribution in [0.3, 0.4) is 0 Å². The number of carboxylic acids is 1. The van der Waals surface area contributed by atoms with Crippen molar-refractivity contribution in [3.63, 3.8) is 0 Å². The molecule has 1 aliphatic heterocycles. The van der Waals surface area contributed by atoms with Crippen molar-refractivity contribution in [2.24, 2.45) is 0 Å². The number of nitrogens with one attached hydrogen (secondary N) is 1. The van der Waals surface area contributed by atoms with Gasteiger partial charge in [-0.3, -0.25) is 14.5 Å². The number of carbonyl (C=O) groups excluding carboxylic acids is 1. The van der Waals surface area contributed by atoms with Gasteiger partial charge in [0.05, 0.1) is 18.1 Å². The maximum Gasteiger partial charge on any atom is 0.305 e. The van der Waals surface area contributed by atoms with Crippen LogP contribution in [-0.4, -0.2) is 60.3 Å². The Morgan fingerprint density at radius 1 is 1.61 bits per heavy atom. The molecule has 1 rings (SSSR count). The highest BCUT2D eigenvalue weighted by Crippen LogP contribution is 2.16. The molecule has 2 N–H and O–H groups in total. The van der Waals surface area contributed by atoms with Crippen LogP contribution in [0, 0.1) is 0 Å². The van der Waals surface area contributed by atoms with Crippen LogP contribution in [-0.2, 0) is 14.3 Å². The van der Waals surface area contributed by atoms with Gasteiger partial charge in [0.25, 0.3) is 0 Å². The fraction of sp³-hybridized carbons (Fsp3) is 0.833. The lowest BCUT2D eigenvalue weighted by Gasteiger charge is -2.36. The number of carbonyl (C=O) groups is 2. The zero-order valence-corrected chi connectivity index (χ0v) is 11.2. The number of rotatable bonds is 6. The average Bonchev–Trinajstić information content (AvgIpc) is 2.29. The first-order chi connectivity index (χ1) is 8.35. The van der Waals surface area contributed by atoms with E-state index in [1.165, 1.54) is 0 Å². The normalized spacial score (nSPS) is 21.7. The Morgan fingerprint density at radius 3 is 2.83 bits per heavy atom. The number of ether oxygens (including phenoxy) is 1. The SMILES string of the molecule is COC(C)(C)CCN1CCNC(=O)C1CC(=O)O. The second kappa shape index (κ2) is 6.15. The molecule has 0 bridgehead atoms. The van der Waals surface area contributed by atoms with Gasteiger partial charge in [0.15, 0.2) is 0 Å². The summed E-state index contributed by atoms with van der Waals surface area (Å²) in [4.78, 5) is 24.4. The third-order valence-electron chi connectivity index (χ3n) is 3.36. The van der Waals surface area contributed by atoms with Crippen LogP contribution in [0.4, 0.5) is 0 Å². The Kier molecular flexibility index (Phi) is 5.10. The van der Waals surface area contributed by atoms with Crippen LogP contribution in [0.5, 0.6) is 0 Å². The fourth-order valence-corrected chi connectivity index (χ4v) is 1.93. The van der Waals surface area contributed by atoms with Crippen molar-refractivity contribution < 1.29 is 19.4 Å². The number of hydrogen-bond donors (Lipinski definition) is 2. The summed E-state index contributed by atoms with van der Waals surface area (Å²) in [6.45, 7) is 5.87. The summed E-state index contributed by atoms with van der Waals surface area (Å²) in [5.41, 5.74) is -0.262. The van der Waals surface area contributed by atoms with Crippen LogP contribution < -0.4 is 5.32 Å². The molecule has 0 aromatic carbocycles. The predicted octanol–water partition coefficient (Wildman–Crippen LogP) is 0.0766. The van der Waals surface area contributed by atoms with Crippen molar-refractivity contribution >= 4 is 11.9 Å². The number of amides is 1. The summed E-state index contributed by atoms with van der Waals surface area (Å²) in [5.74, 6) is -1.15. The van der Waals surface area contributed by atoms with Gasteiger partial charge in [0, 0.05) is 26.7 Å². The number of aliphatic carboxylic acids is 1. The summed E-state index contributed by atoms with van der Waals surface area (Å²) >= 11 is 0. The number of nitrogens with zero attached hydrogens (tertiary/aromatic N) is 1. The lowest BCUT2D eigenvalue weighted by atomic mass is 10.0. The van der Waals surface area contributed by atoms with Crippen molar-refractivity contribution in [1.82, 2.24) is 10.2 Å². The Bertz CT molecular complexity index is 317. The van der Waals surface area contributed by atoms with E-state index in [4.69, 9.17) is 9.84 Å². The van der Waals surface area contributed by atoms with Crippen LogP contribution in [0.15, 0.2) is 0 Å². The van der Waals surface area contributed by atoms with Gasteiger partial charge in [-0.15, -0.1) is 0 Å². The zero-order chi connectivity index (χ0) is 13.8. The molecule has 0 aliphatic carbocycles. The molecule has 1 fully saturated rings. The molecule has 0 saturated carbocycles. The van der Waals surface area contributed by atoms with Crippen LogP contribution in [0.25, 0.3) is 0 Å². The molecule has 0 radical (unpaired) electrons. The molecule has 0 aromatic rings. The van der Waals surface area contributed by atoms with E-state index in [-0.39, 0.29) is 17.9 Å². The molecule has 18 heavy (non-hydrogen) atoms. The van der Waals surface area contributed by atoms with Crippen molar-refractivity contribution in [2.75, 3.05) is 26.7 Å². The van der Waals surface area contributed by atoms with Crippen molar-refractivity contribution in [1.29, 1.82) is 0 Å². The van der Waals surface area contributed by atoms with Crippen molar-refractivity contribution in [3.05, 3.63) is 0 Å². The van der Waals surface area contributed by atoms with E-state index in [0.717, 1.165) is 6.42 Å². The van der Waals surface area contributed by atoms with E-state index in [1.54, 1.807) is 7.11 Å². The number of methoxy groups -OCH3 is 1. The first-order valence-electron chi connectivity index (χ1n) is 6.14. The maximum absolute atomic E-state index is 11.7. The second-order valence-electron chi connectivity index (χ2n) is 5.15. The topological polar surface area (TPSA) is 78.9 Å². The van der Waals surface area contributed by atoms with Crippen LogP contribution >= 0.6 is 0 Å². The van der Waals surface area contributed by atoms with Crippen LogP contribution in [0.2, 0.25) is 0 Å². The average molecular weight is 258 g/mol. The summed E-state index contributed by atoms with van der Waals surface area (Å²) in [5, 5.41) is 11.5. The molecule has 104 valence electrons. The van der Waals surface area contributed by atoms with E-state index >= 15 is 0 Å². The third kappa shape index (κ3) is 4.27. The quantitative estimate of drug-likeness (QED) is 0.705. The molecule has 0 spiro atoms. The standard InChI is InChI=1S/C12H22N2O4/c1-12(2,18-3)4-6-14-7-5-13-11(17)9(14)8-10(15)16/h9H,4-8H2,1-3H3,(H,13,17)(H,15,16). The molecule has 1 amide bonds. The van der Waals surface area contributed by atoms with Crippen molar-refractivity contribution in [2.45, 2.75) is 38.3 Å². The molecular weight excluding hydrogens is 236 g/mol. The van der Waals surface area contributed by atoms with E-state index in [2.05, 4.69) is 5.32 Å². The first-order valence-corrected chi connectivity index (χ1v) is 6.14. The molecule has 1 atom stereocenters. The molecule has 0 aromatic heterocycles. The Hall–Kier alpha value is -1.14. The third-order valence-corrected chi connectivity index (χ3v) is 3.36. The monoisotopic (exact) mass is 258 g/mol. The Morgan fingerprint density at radius 2 is 2.28 bits per heavy atom. The van der Waals surface area contributed by atoms with Gasteiger partial charge in [-0.25, -0.2) is 0 Å². The van der Waals surface area contributed by atoms with Gasteiger partial charge in [-0.1, -0.05) is 0 Å². The Labute approximate surface area is 107 Å². The Balaban J connectivity index is 2.59. The molecule has 6 nitrogen and oxygen atoms in total. The smallest absolute Gasteiger partial charge is 0.305 e. The van der Waals surface area contributed by atoms with E-state index in [1.807, 2.05) is 18.7 Å². The summed E-state index contributed by atoms with van der Waals surface area (Å²) < 4.78 is 5.33. The van der Waals surface area contributed by atoms with Crippen LogP contribution in [0.1, 0.15) is 26.7 Å². The van der Waals surface area contributed by atoms with E-state index < -0.39 is 12.0 Å². The highest BCUT2D eigenvalue weighted by atomic mass is 16.5. The lowest BCUT2D eigenvalue weighted by molar-refractivity contribution is -0.143. The van der Waals surface area contributed by atoms with E-state index in [9.17, 15) is 9.59 Å². The summed E-state index contributed by atoms with van der Waals surface area (Å²) in [6.07, 6.45) is 0.603. The largest absolute Gasteiger partial charge is 0.481 e. The number of carboxylic acid groups (broad SMARTS) is 1. The fourth-order valence-electron chi connectivity index (χ4n) is 1.93. The van der Waals surface area contributed by atoms with Gasteiger partial charge in [-0.05, 0) is 20.3 Å². The van der Waals surface area contributed by atoms with Gasteiger partial charge in [0.1, 0.15) is 0 Å². The number of hydrogen-bond acceptors (Lipinski definition) is 4. The first kappa shape index (κ1) is 14.9. The van der Waals surface area contributed by atoms with Gasteiger partial charge < -0.3 is 15.2 Å². The predicted molar refractivity (Wildman–Crippen MR) is 66.3 cm³/mol. The lowest BCUT2D eigenvalue weighted by Crippen LogP contribution is -2.56. The molecule has 1 unspecified atom stereocenters. The highest BCUT2D eigenvalue weighted by Gasteiger charge is 2.32. The van der Waals surface area contributed by atoms with E-state index in [0.29, 0.717) is 19.6 Å². The minimum absolute atomic E-state index is 0.154. The summed E-state index contributed by atoms with van der Waals surface area (Å²) in [7, 11) is 1.65.